The van der Waals surface area contributed by atoms with Crippen molar-refractivity contribution in [2.24, 2.45) is 5.73 Å². The van der Waals surface area contributed by atoms with Crippen molar-refractivity contribution in [2.45, 2.75) is 26.8 Å². The Labute approximate surface area is 116 Å². The first kappa shape index (κ1) is 12.5. The van der Waals surface area contributed by atoms with Gasteiger partial charge in [0.25, 0.3) is 0 Å². The molecule has 1 aromatic carbocycles. The second-order valence-corrected chi connectivity index (χ2v) is 5.83. The molecule has 0 bridgehead atoms. The largest absolute Gasteiger partial charge is 0.466 e. The van der Waals surface area contributed by atoms with Crippen LogP contribution < -0.4 is 5.73 Å². The van der Waals surface area contributed by atoms with Gasteiger partial charge >= 0.3 is 0 Å². The summed E-state index contributed by atoms with van der Waals surface area (Å²) in [5.74, 6) is 1.89. The van der Waals surface area contributed by atoms with E-state index in [1.54, 1.807) is 11.3 Å². The second kappa shape index (κ2) is 4.51. The lowest BCUT2D eigenvalue weighted by molar-refractivity contribution is 0.498. The average molecular weight is 271 g/mol. The molecule has 0 amide bonds. The van der Waals surface area contributed by atoms with Gasteiger partial charge in [-0.1, -0.05) is 18.2 Å². The van der Waals surface area contributed by atoms with E-state index in [9.17, 15) is 0 Å². The predicted molar refractivity (Wildman–Crippen MR) is 80.8 cm³/mol. The fraction of sp³-hybridized carbons (Fsp3) is 0.250. The Bertz CT molecular complexity index is 738. The first-order valence-corrected chi connectivity index (χ1v) is 7.25. The van der Waals surface area contributed by atoms with Gasteiger partial charge in [-0.25, -0.2) is 0 Å². The Hall–Kier alpha value is -1.58. The Balaban J connectivity index is 2.16. The molecular formula is C16H17NOS. The van der Waals surface area contributed by atoms with Crippen molar-refractivity contribution in [3.8, 4) is 0 Å². The molecule has 2 nitrogen and oxygen atoms in total. The lowest BCUT2D eigenvalue weighted by Crippen LogP contribution is -2.12. The highest BCUT2D eigenvalue weighted by Gasteiger charge is 2.21. The van der Waals surface area contributed by atoms with Gasteiger partial charge in [-0.15, -0.1) is 11.3 Å². The van der Waals surface area contributed by atoms with Crippen LogP contribution in [0.4, 0.5) is 0 Å². The van der Waals surface area contributed by atoms with Crippen LogP contribution in [0.5, 0.6) is 0 Å². The number of hydrogen-bond acceptors (Lipinski definition) is 3. The van der Waals surface area contributed by atoms with Gasteiger partial charge in [-0.05, 0) is 48.7 Å². The van der Waals surface area contributed by atoms with Crippen LogP contribution in [0.3, 0.4) is 0 Å². The number of fused-ring (bicyclic) bond motifs is 1. The monoisotopic (exact) mass is 271 g/mol. The number of nitrogens with two attached hydrogens (primary N) is 1. The maximum absolute atomic E-state index is 6.49. The van der Waals surface area contributed by atoms with E-state index in [1.807, 2.05) is 13.8 Å². The molecular weight excluding hydrogens is 254 g/mol. The van der Waals surface area contributed by atoms with Crippen LogP contribution >= 0.6 is 11.3 Å². The van der Waals surface area contributed by atoms with Crippen molar-refractivity contribution in [2.75, 3.05) is 0 Å². The molecule has 3 rings (SSSR count). The van der Waals surface area contributed by atoms with E-state index < -0.39 is 0 Å². The first-order chi connectivity index (χ1) is 9.09. The maximum atomic E-state index is 6.49. The molecule has 0 aliphatic heterocycles. The van der Waals surface area contributed by atoms with Crippen LogP contribution in [-0.4, -0.2) is 0 Å². The zero-order chi connectivity index (χ0) is 13.6. The molecule has 98 valence electrons. The molecule has 0 saturated carbocycles. The molecule has 3 aromatic rings. The van der Waals surface area contributed by atoms with Gasteiger partial charge in [0.1, 0.15) is 11.5 Å². The van der Waals surface area contributed by atoms with Gasteiger partial charge in [0.05, 0.1) is 6.04 Å². The van der Waals surface area contributed by atoms with Gasteiger partial charge in [-0.3, -0.25) is 0 Å². The molecule has 0 radical (unpaired) electrons. The molecule has 0 saturated heterocycles. The number of thiophene rings is 1. The van der Waals surface area contributed by atoms with Gasteiger partial charge in [-0.2, -0.15) is 0 Å². The summed E-state index contributed by atoms with van der Waals surface area (Å²) in [6.07, 6.45) is 0. The minimum atomic E-state index is -0.117. The fourth-order valence-corrected chi connectivity index (χ4v) is 3.66. The highest BCUT2D eigenvalue weighted by Crippen LogP contribution is 2.35. The summed E-state index contributed by atoms with van der Waals surface area (Å²) in [5.41, 5.74) is 9.97. The molecule has 1 unspecified atom stereocenters. The summed E-state index contributed by atoms with van der Waals surface area (Å²) >= 11 is 1.74. The van der Waals surface area contributed by atoms with Crippen molar-refractivity contribution < 1.29 is 4.42 Å². The molecule has 19 heavy (non-hydrogen) atoms. The normalized spacial score (nSPS) is 13.1. The molecule has 2 heterocycles. The van der Waals surface area contributed by atoms with Crippen LogP contribution in [-0.2, 0) is 0 Å². The van der Waals surface area contributed by atoms with Crippen molar-refractivity contribution >= 4 is 21.4 Å². The standard InChI is InChI=1S/C16H17NOS/c1-9-10(2)18-11(3)15(9)16(17)13-8-19-14-7-5-4-6-12(13)14/h4-8,16H,17H2,1-3H3. The summed E-state index contributed by atoms with van der Waals surface area (Å²) < 4.78 is 6.98. The molecule has 0 aliphatic carbocycles. The molecule has 2 N–H and O–H groups in total. The zero-order valence-electron chi connectivity index (χ0n) is 11.4. The van der Waals surface area contributed by atoms with Crippen LogP contribution in [0.15, 0.2) is 34.1 Å². The molecule has 0 fully saturated rings. The Kier molecular flexibility index (Phi) is 2.96. The van der Waals surface area contributed by atoms with E-state index >= 15 is 0 Å². The topological polar surface area (TPSA) is 39.2 Å². The van der Waals surface area contributed by atoms with Crippen LogP contribution in [0.25, 0.3) is 10.1 Å². The summed E-state index contributed by atoms with van der Waals surface area (Å²) in [7, 11) is 0. The van der Waals surface area contributed by atoms with Crippen LogP contribution in [0, 0.1) is 20.8 Å². The second-order valence-electron chi connectivity index (χ2n) is 4.92. The molecule has 0 spiro atoms. The third-order valence-electron chi connectivity index (χ3n) is 3.77. The summed E-state index contributed by atoms with van der Waals surface area (Å²) in [6, 6.07) is 8.28. The third kappa shape index (κ3) is 1.90. The van der Waals surface area contributed by atoms with E-state index in [1.165, 1.54) is 21.2 Å². The van der Waals surface area contributed by atoms with Crippen molar-refractivity contribution in [1.29, 1.82) is 0 Å². The number of hydrogen-bond donors (Lipinski definition) is 1. The third-order valence-corrected chi connectivity index (χ3v) is 4.76. The van der Waals surface area contributed by atoms with Gasteiger partial charge in [0.15, 0.2) is 0 Å². The zero-order valence-corrected chi connectivity index (χ0v) is 12.2. The Morgan fingerprint density at radius 2 is 1.84 bits per heavy atom. The lowest BCUT2D eigenvalue weighted by atomic mass is 9.96. The molecule has 2 aromatic heterocycles. The fourth-order valence-electron chi connectivity index (χ4n) is 2.66. The van der Waals surface area contributed by atoms with E-state index in [0.29, 0.717) is 0 Å². The van der Waals surface area contributed by atoms with Gasteiger partial charge in [0.2, 0.25) is 0 Å². The SMILES string of the molecule is Cc1oc(C)c(C(N)c2csc3ccccc23)c1C. The van der Waals surface area contributed by atoms with Gasteiger partial charge < -0.3 is 10.2 Å². The lowest BCUT2D eigenvalue weighted by Gasteiger charge is -2.11. The van der Waals surface area contributed by atoms with Crippen LogP contribution in [0.1, 0.15) is 34.3 Å². The number of aryl methyl sites for hydroxylation is 2. The van der Waals surface area contributed by atoms with Crippen molar-refractivity contribution in [1.82, 2.24) is 0 Å². The Morgan fingerprint density at radius 1 is 1.11 bits per heavy atom. The van der Waals surface area contributed by atoms with E-state index in [0.717, 1.165) is 17.1 Å². The number of rotatable bonds is 2. The Morgan fingerprint density at radius 3 is 2.53 bits per heavy atom. The minimum absolute atomic E-state index is 0.117. The average Bonchev–Trinajstić information content (AvgIpc) is 2.91. The van der Waals surface area contributed by atoms with Crippen molar-refractivity contribution in [3.05, 3.63) is 57.9 Å². The first-order valence-electron chi connectivity index (χ1n) is 6.37. The summed E-state index contributed by atoms with van der Waals surface area (Å²) in [6.45, 7) is 6.06. The molecule has 1 atom stereocenters. The highest BCUT2D eigenvalue weighted by atomic mass is 32.1. The minimum Gasteiger partial charge on any atom is -0.466 e. The van der Waals surface area contributed by atoms with E-state index in [2.05, 4.69) is 36.6 Å². The van der Waals surface area contributed by atoms with Crippen LogP contribution in [0.2, 0.25) is 0 Å². The smallest absolute Gasteiger partial charge is 0.106 e. The van der Waals surface area contributed by atoms with Gasteiger partial charge in [0, 0.05) is 10.3 Å². The van der Waals surface area contributed by atoms with E-state index in [4.69, 9.17) is 10.2 Å². The summed E-state index contributed by atoms with van der Waals surface area (Å²) in [5, 5.41) is 3.41. The number of furan rings is 1. The molecule has 3 heteroatoms. The number of benzene rings is 1. The molecule has 0 aliphatic rings. The van der Waals surface area contributed by atoms with Crippen molar-refractivity contribution in [3.63, 3.8) is 0 Å². The summed E-state index contributed by atoms with van der Waals surface area (Å²) in [4.78, 5) is 0. The maximum Gasteiger partial charge on any atom is 0.106 e. The highest BCUT2D eigenvalue weighted by molar-refractivity contribution is 7.17. The predicted octanol–water partition coefficient (Wildman–Crippen LogP) is 4.47. The quantitative estimate of drug-likeness (QED) is 0.747. The van der Waals surface area contributed by atoms with E-state index in [-0.39, 0.29) is 6.04 Å².